The number of hydrogen-bond acceptors (Lipinski definition) is 1. The summed E-state index contributed by atoms with van der Waals surface area (Å²) < 4.78 is 0. The standard InChI is InChI=1S/C42H33N/c1-30-27-39(24-26-40(30)42-25-23-34-17-9-10-22-41(34)31(42)2)43(37-20-11-18-35(28-37)32-13-5-3-6-14-32)38-21-12-19-36(29-38)33-15-7-4-8-16-33/h3-29H,1-2H3. The summed E-state index contributed by atoms with van der Waals surface area (Å²) in [6.45, 7) is 4.47. The zero-order valence-electron chi connectivity index (χ0n) is 24.5. The number of aryl methyl sites for hydroxylation is 2. The summed E-state index contributed by atoms with van der Waals surface area (Å²) in [6.07, 6.45) is 0. The molecule has 0 saturated carbocycles. The maximum atomic E-state index is 2.38. The van der Waals surface area contributed by atoms with Crippen LogP contribution < -0.4 is 4.90 Å². The first-order chi connectivity index (χ1) is 21.2. The Hall–Kier alpha value is -5.40. The van der Waals surface area contributed by atoms with Crippen LogP contribution in [0.25, 0.3) is 44.2 Å². The van der Waals surface area contributed by atoms with Gasteiger partial charge in [0.2, 0.25) is 0 Å². The van der Waals surface area contributed by atoms with Crippen LogP contribution in [0.3, 0.4) is 0 Å². The fourth-order valence-corrected chi connectivity index (χ4v) is 6.17. The smallest absolute Gasteiger partial charge is 0.0467 e. The van der Waals surface area contributed by atoms with Crippen LogP contribution in [0.1, 0.15) is 11.1 Å². The topological polar surface area (TPSA) is 3.24 Å². The molecule has 0 heterocycles. The van der Waals surface area contributed by atoms with E-state index >= 15 is 0 Å². The molecule has 1 heteroatoms. The van der Waals surface area contributed by atoms with E-state index in [-0.39, 0.29) is 0 Å². The molecule has 0 spiro atoms. The van der Waals surface area contributed by atoms with Crippen molar-refractivity contribution in [2.75, 3.05) is 4.90 Å². The lowest BCUT2D eigenvalue weighted by Gasteiger charge is -2.27. The highest BCUT2D eigenvalue weighted by Gasteiger charge is 2.17. The lowest BCUT2D eigenvalue weighted by atomic mass is 9.92. The van der Waals surface area contributed by atoms with Crippen molar-refractivity contribution < 1.29 is 0 Å². The average molecular weight is 552 g/mol. The van der Waals surface area contributed by atoms with E-state index in [0.717, 1.165) is 17.1 Å². The fourth-order valence-electron chi connectivity index (χ4n) is 6.17. The number of benzene rings is 7. The van der Waals surface area contributed by atoms with Gasteiger partial charge in [-0.1, -0.05) is 127 Å². The summed E-state index contributed by atoms with van der Waals surface area (Å²) in [7, 11) is 0. The molecule has 0 N–H and O–H groups in total. The van der Waals surface area contributed by atoms with E-state index in [4.69, 9.17) is 0 Å². The summed E-state index contributed by atoms with van der Waals surface area (Å²) in [6, 6.07) is 58.9. The second-order valence-corrected chi connectivity index (χ2v) is 11.1. The molecular formula is C42H33N. The van der Waals surface area contributed by atoms with E-state index in [1.807, 2.05) is 0 Å². The van der Waals surface area contributed by atoms with Crippen molar-refractivity contribution >= 4 is 27.8 Å². The minimum absolute atomic E-state index is 1.13. The number of fused-ring (bicyclic) bond motifs is 1. The van der Waals surface area contributed by atoms with Crippen LogP contribution in [0.5, 0.6) is 0 Å². The highest BCUT2D eigenvalue weighted by Crippen LogP contribution is 2.40. The first-order valence-corrected chi connectivity index (χ1v) is 14.9. The van der Waals surface area contributed by atoms with Crippen LogP contribution in [0, 0.1) is 13.8 Å². The maximum absolute atomic E-state index is 2.38. The molecular weight excluding hydrogens is 518 g/mol. The van der Waals surface area contributed by atoms with Crippen molar-refractivity contribution in [1.82, 2.24) is 0 Å². The monoisotopic (exact) mass is 551 g/mol. The Labute approximate surface area is 254 Å². The highest BCUT2D eigenvalue weighted by molar-refractivity contribution is 5.92. The van der Waals surface area contributed by atoms with Gasteiger partial charge in [-0.3, -0.25) is 0 Å². The third-order valence-electron chi connectivity index (χ3n) is 8.38. The second kappa shape index (κ2) is 11.5. The zero-order valence-corrected chi connectivity index (χ0v) is 24.5. The van der Waals surface area contributed by atoms with Crippen molar-refractivity contribution in [3.8, 4) is 33.4 Å². The van der Waals surface area contributed by atoms with Gasteiger partial charge in [0.25, 0.3) is 0 Å². The van der Waals surface area contributed by atoms with Crippen molar-refractivity contribution in [3.05, 3.63) is 175 Å². The lowest BCUT2D eigenvalue weighted by Crippen LogP contribution is -2.10. The molecule has 0 aliphatic heterocycles. The number of anilines is 3. The summed E-state index contributed by atoms with van der Waals surface area (Å²) in [5.41, 5.74) is 13.3. The molecule has 1 nitrogen and oxygen atoms in total. The lowest BCUT2D eigenvalue weighted by molar-refractivity contribution is 1.27. The summed E-state index contributed by atoms with van der Waals surface area (Å²) in [5.74, 6) is 0. The van der Waals surface area contributed by atoms with Crippen LogP contribution in [-0.2, 0) is 0 Å². The molecule has 0 amide bonds. The van der Waals surface area contributed by atoms with E-state index in [0.29, 0.717) is 0 Å². The van der Waals surface area contributed by atoms with Crippen molar-refractivity contribution in [1.29, 1.82) is 0 Å². The predicted molar refractivity (Wildman–Crippen MR) is 184 cm³/mol. The second-order valence-electron chi connectivity index (χ2n) is 11.1. The Kier molecular flexibility index (Phi) is 7.07. The molecule has 7 aromatic carbocycles. The van der Waals surface area contributed by atoms with Gasteiger partial charge in [0.1, 0.15) is 0 Å². The normalized spacial score (nSPS) is 11.0. The average Bonchev–Trinajstić information content (AvgIpc) is 3.07. The van der Waals surface area contributed by atoms with E-state index < -0.39 is 0 Å². The largest absolute Gasteiger partial charge is 0.310 e. The van der Waals surface area contributed by atoms with Gasteiger partial charge in [-0.05, 0) is 106 Å². The number of hydrogen-bond donors (Lipinski definition) is 0. The predicted octanol–water partition coefficient (Wildman–Crippen LogP) is 11.9. The molecule has 206 valence electrons. The molecule has 0 aromatic heterocycles. The van der Waals surface area contributed by atoms with Gasteiger partial charge < -0.3 is 4.90 Å². The summed E-state index contributed by atoms with van der Waals surface area (Å²) >= 11 is 0. The Morgan fingerprint density at radius 1 is 0.372 bits per heavy atom. The van der Waals surface area contributed by atoms with Crippen LogP contribution in [0.2, 0.25) is 0 Å². The van der Waals surface area contributed by atoms with Crippen molar-refractivity contribution in [2.45, 2.75) is 13.8 Å². The number of nitrogens with zero attached hydrogens (tertiary/aromatic N) is 1. The number of rotatable bonds is 6. The molecule has 0 saturated heterocycles. The Bertz CT molecular complexity index is 1960. The van der Waals surface area contributed by atoms with Crippen LogP contribution in [-0.4, -0.2) is 0 Å². The molecule has 7 rings (SSSR count). The third-order valence-corrected chi connectivity index (χ3v) is 8.38. The SMILES string of the molecule is Cc1cc(N(c2cccc(-c3ccccc3)c2)c2cccc(-c3ccccc3)c2)ccc1-c1ccc2ccccc2c1C. The Balaban J connectivity index is 1.37. The zero-order chi connectivity index (χ0) is 29.2. The van der Waals surface area contributed by atoms with E-state index in [2.05, 4.69) is 183 Å². The van der Waals surface area contributed by atoms with Crippen molar-refractivity contribution in [2.24, 2.45) is 0 Å². The van der Waals surface area contributed by atoms with E-state index in [9.17, 15) is 0 Å². The van der Waals surface area contributed by atoms with E-state index in [1.54, 1.807) is 0 Å². The first-order valence-electron chi connectivity index (χ1n) is 14.9. The minimum atomic E-state index is 1.13. The highest BCUT2D eigenvalue weighted by atomic mass is 15.1. The van der Waals surface area contributed by atoms with Gasteiger partial charge in [-0.15, -0.1) is 0 Å². The van der Waals surface area contributed by atoms with Gasteiger partial charge in [0, 0.05) is 17.1 Å². The molecule has 0 atom stereocenters. The van der Waals surface area contributed by atoms with Gasteiger partial charge in [0.05, 0.1) is 0 Å². The maximum Gasteiger partial charge on any atom is 0.0467 e. The third kappa shape index (κ3) is 5.22. The molecule has 0 fully saturated rings. The molecule has 0 unspecified atom stereocenters. The van der Waals surface area contributed by atoms with Gasteiger partial charge in [0.15, 0.2) is 0 Å². The van der Waals surface area contributed by atoms with Gasteiger partial charge >= 0.3 is 0 Å². The molecule has 0 radical (unpaired) electrons. The van der Waals surface area contributed by atoms with Crippen LogP contribution in [0.4, 0.5) is 17.1 Å². The van der Waals surface area contributed by atoms with E-state index in [1.165, 1.54) is 55.3 Å². The minimum Gasteiger partial charge on any atom is -0.310 e. The van der Waals surface area contributed by atoms with Crippen LogP contribution >= 0.6 is 0 Å². The summed E-state index contributed by atoms with van der Waals surface area (Å²) in [5, 5.41) is 2.58. The molecule has 7 aromatic rings. The van der Waals surface area contributed by atoms with Gasteiger partial charge in [-0.2, -0.15) is 0 Å². The molecule has 43 heavy (non-hydrogen) atoms. The molecule has 0 bridgehead atoms. The Morgan fingerprint density at radius 3 is 1.49 bits per heavy atom. The van der Waals surface area contributed by atoms with Crippen LogP contribution in [0.15, 0.2) is 164 Å². The quantitative estimate of drug-likeness (QED) is 0.199. The fraction of sp³-hybridized carbons (Fsp3) is 0.0476. The molecule has 0 aliphatic rings. The van der Waals surface area contributed by atoms with Gasteiger partial charge in [-0.25, -0.2) is 0 Å². The Morgan fingerprint density at radius 2 is 0.884 bits per heavy atom. The molecule has 0 aliphatic carbocycles. The summed E-state index contributed by atoms with van der Waals surface area (Å²) in [4.78, 5) is 2.38. The first kappa shape index (κ1) is 26.5. The van der Waals surface area contributed by atoms with Crippen molar-refractivity contribution in [3.63, 3.8) is 0 Å².